The molecule has 0 fully saturated rings. The molecule has 0 saturated heterocycles. The molecule has 140 valence electrons. The van der Waals surface area contributed by atoms with Gasteiger partial charge in [0.05, 0.1) is 12.6 Å². The summed E-state index contributed by atoms with van der Waals surface area (Å²) in [5.74, 6) is 0. The average Bonchev–Trinajstić information content (AvgIpc) is 2.28. The van der Waals surface area contributed by atoms with E-state index in [1.54, 1.807) is 0 Å². The van der Waals surface area contributed by atoms with Gasteiger partial charge in [0, 0.05) is 0 Å². The van der Waals surface area contributed by atoms with Crippen LogP contribution in [0.25, 0.3) is 0 Å². The van der Waals surface area contributed by atoms with E-state index in [0.29, 0.717) is 12.6 Å². The van der Waals surface area contributed by atoms with Crippen molar-refractivity contribution < 1.29 is 8.78 Å². The topological polar surface area (TPSA) is 32.8 Å². The van der Waals surface area contributed by atoms with E-state index in [-0.39, 0.29) is 0 Å². The summed E-state index contributed by atoms with van der Waals surface area (Å²) in [5, 5.41) is 0. The third-order valence-corrected chi connectivity index (χ3v) is 16.9. The molecule has 1 unspecified atom stereocenters. The Bertz CT molecular complexity index is 396. The Morgan fingerprint density at radius 2 is 1.17 bits per heavy atom. The van der Waals surface area contributed by atoms with Crippen LogP contribution in [-0.2, 0) is 8.78 Å². The molecule has 0 heterocycles. The van der Waals surface area contributed by atoms with Gasteiger partial charge in [-0.15, -0.1) is 0 Å². The molecule has 4 nitrogen and oxygen atoms in total. The van der Waals surface area contributed by atoms with Crippen molar-refractivity contribution in [3.05, 3.63) is 0 Å². The molecule has 0 rings (SSSR count). The lowest BCUT2D eigenvalue weighted by molar-refractivity contribution is 0.330. The Kier molecular flexibility index (Phi) is 8.71. The molecule has 0 aromatic carbocycles. The maximum Gasteiger partial charge on any atom is 0.219 e. The molecule has 0 N–H and O–H groups in total. The van der Waals surface area contributed by atoms with Crippen molar-refractivity contribution in [3.63, 3.8) is 0 Å². The molecule has 0 spiro atoms. The lowest BCUT2D eigenvalue weighted by Gasteiger charge is -2.46. The summed E-state index contributed by atoms with van der Waals surface area (Å²) in [6, 6.07) is 0. The first-order valence-corrected chi connectivity index (χ1v) is 21.1. The molecular formula is C15H41N2O2PSi3. The van der Waals surface area contributed by atoms with Crippen molar-refractivity contribution >= 4 is 32.2 Å². The first-order valence-electron chi connectivity index (χ1n) is 8.83. The van der Waals surface area contributed by atoms with Crippen LogP contribution in [0.15, 0.2) is 0 Å². The minimum Gasteiger partial charge on any atom is -0.369 e. The van der Waals surface area contributed by atoms with E-state index in [0.717, 1.165) is 13.1 Å². The lowest BCUT2D eigenvalue weighted by atomic mass is 10.6. The molecule has 8 heteroatoms. The largest absolute Gasteiger partial charge is 0.369 e. The van der Waals surface area contributed by atoms with Crippen LogP contribution in [0, 0.1) is 0 Å². The van der Waals surface area contributed by atoms with Crippen LogP contribution < -0.4 is 0 Å². The van der Waals surface area contributed by atoms with Crippen molar-refractivity contribution in [2.45, 2.75) is 72.8 Å². The van der Waals surface area contributed by atoms with E-state index < -0.39 is 32.2 Å². The fourth-order valence-electron chi connectivity index (χ4n) is 2.98. The summed E-state index contributed by atoms with van der Waals surface area (Å²) in [5.41, 5.74) is 0. The molecule has 0 saturated carbocycles. The maximum atomic E-state index is 13.8. The fraction of sp³-hybridized carbons (Fsp3) is 1.00. The standard InChI is InChI=1S/C15H41N2O2PSi3/c1-12-16(13-2)14-20(18,19-23(9,10)11)15-17(21(3,4)5)22(6,7)8/h12-15H2,1-11H3. The van der Waals surface area contributed by atoms with Gasteiger partial charge in [-0.25, -0.2) is 0 Å². The van der Waals surface area contributed by atoms with Gasteiger partial charge in [0.2, 0.25) is 7.37 Å². The van der Waals surface area contributed by atoms with Gasteiger partial charge in [-0.2, -0.15) is 0 Å². The molecule has 0 radical (unpaired) electrons. The highest BCUT2D eigenvalue weighted by atomic mass is 31.2. The second kappa shape index (κ2) is 8.43. The van der Waals surface area contributed by atoms with Crippen LogP contribution in [0.5, 0.6) is 0 Å². The Balaban J connectivity index is 5.63. The summed E-state index contributed by atoms with van der Waals surface area (Å²) < 4.78 is 22.8. The Hall–Kier alpha value is 0.761. The van der Waals surface area contributed by atoms with Gasteiger partial charge in [0.1, 0.15) is 16.5 Å². The summed E-state index contributed by atoms with van der Waals surface area (Å²) >= 11 is 0. The SMILES string of the molecule is CCN(CC)CP(=O)(CN([Si](C)(C)C)[Si](C)(C)C)O[Si](C)(C)C. The van der Waals surface area contributed by atoms with Crippen molar-refractivity contribution in [1.29, 1.82) is 0 Å². The summed E-state index contributed by atoms with van der Waals surface area (Å²) in [6.07, 6.45) is 1.23. The number of hydrogen-bond donors (Lipinski definition) is 0. The van der Waals surface area contributed by atoms with E-state index in [9.17, 15) is 4.57 Å². The molecule has 0 aliphatic rings. The summed E-state index contributed by atoms with van der Waals surface area (Å²) in [6.45, 7) is 26.7. The van der Waals surface area contributed by atoms with Crippen molar-refractivity contribution in [1.82, 2.24) is 9.13 Å². The predicted molar refractivity (Wildman–Crippen MR) is 113 cm³/mol. The van der Waals surface area contributed by atoms with Crippen molar-refractivity contribution in [2.24, 2.45) is 0 Å². The van der Waals surface area contributed by atoms with Gasteiger partial charge in [-0.1, -0.05) is 53.1 Å². The monoisotopic (exact) mass is 396 g/mol. The van der Waals surface area contributed by atoms with Crippen LogP contribution in [0.4, 0.5) is 0 Å². The van der Waals surface area contributed by atoms with Gasteiger partial charge in [0.15, 0.2) is 8.32 Å². The zero-order chi connectivity index (χ0) is 18.7. The highest BCUT2D eigenvalue weighted by molar-refractivity contribution is 7.60. The zero-order valence-electron chi connectivity index (χ0n) is 17.5. The van der Waals surface area contributed by atoms with Gasteiger partial charge >= 0.3 is 0 Å². The van der Waals surface area contributed by atoms with Gasteiger partial charge in [-0.05, 0) is 32.7 Å². The molecule has 0 aromatic heterocycles. The molecule has 0 aliphatic carbocycles. The van der Waals surface area contributed by atoms with Crippen LogP contribution >= 0.6 is 7.37 Å². The summed E-state index contributed by atoms with van der Waals surface area (Å²) in [7, 11) is -7.63. The summed E-state index contributed by atoms with van der Waals surface area (Å²) in [4.78, 5) is 2.26. The van der Waals surface area contributed by atoms with Crippen LogP contribution in [0.3, 0.4) is 0 Å². The number of rotatable bonds is 10. The van der Waals surface area contributed by atoms with E-state index >= 15 is 0 Å². The van der Waals surface area contributed by atoms with Crippen molar-refractivity contribution in [3.8, 4) is 0 Å². The second-order valence-electron chi connectivity index (χ2n) is 9.37. The van der Waals surface area contributed by atoms with Gasteiger partial charge in [-0.3, -0.25) is 9.46 Å². The normalized spacial score (nSPS) is 16.9. The Morgan fingerprint density at radius 3 is 1.43 bits per heavy atom. The van der Waals surface area contributed by atoms with Crippen LogP contribution in [0.1, 0.15) is 13.8 Å². The lowest BCUT2D eigenvalue weighted by Crippen LogP contribution is -2.59. The molecule has 0 aliphatic heterocycles. The first-order chi connectivity index (χ1) is 10.0. The minimum absolute atomic E-state index is 0.593. The Morgan fingerprint density at radius 1 is 0.783 bits per heavy atom. The van der Waals surface area contributed by atoms with Crippen molar-refractivity contribution in [2.75, 3.05) is 25.7 Å². The third-order valence-electron chi connectivity index (χ3n) is 3.73. The maximum absolute atomic E-state index is 13.8. The second-order valence-corrected chi connectivity index (χ2v) is 26.7. The van der Waals surface area contributed by atoms with Crippen LogP contribution in [-0.4, -0.2) is 59.6 Å². The van der Waals surface area contributed by atoms with E-state index in [4.69, 9.17) is 4.21 Å². The predicted octanol–water partition coefficient (Wildman–Crippen LogP) is 5.34. The molecule has 1 atom stereocenters. The quantitative estimate of drug-likeness (QED) is 0.368. The molecule has 0 amide bonds. The molecular weight excluding hydrogens is 355 g/mol. The number of hydrogen-bond acceptors (Lipinski definition) is 4. The Labute approximate surface area is 148 Å². The first kappa shape index (κ1) is 23.8. The average molecular weight is 397 g/mol. The van der Waals surface area contributed by atoms with E-state index in [1.165, 1.54) is 0 Å². The van der Waals surface area contributed by atoms with Gasteiger partial charge in [0.25, 0.3) is 0 Å². The molecule has 0 aromatic rings. The number of nitrogens with zero attached hydrogens (tertiary/aromatic N) is 2. The van der Waals surface area contributed by atoms with Gasteiger partial charge < -0.3 is 8.44 Å². The van der Waals surface area contributed by atoms with Crippen LogP contribution in [0.2, 0.25) is 58.9 Å². The zero-order valence-corrected chi connectivity index (χ0v) is 21.4. The third kappa shape index (κ3) is 9.14. The fourth-order valence-corrected chi connectivity index (χ4v) is 21.7. The molecule has 0 bridgehead atoms. The van der Waals surface area contributed by atoms with E-state index in [1.807, 2.05) is 0 Å². The highest BCUT2D eigenvalue weighted by Gasteiger charge is 2.41. The highest BCUT2D eigenvalue weighted by Crippen LogP contribution is 2.52. The van der Waals surface area contributed by atoms with E-state index in [2.05, 4.69) is 81.9 Å². The smallest absolute Gasteiger partial charge is 0.219 e. The molecule has 23 heavy (non-hydrogen) atoms. The minimum atomic E-state index is -2.70.